The Kier molecular flexibility index (Phi) is 4.86. The first-order valence-electron chi connectivity index (χ1n) is 6.25. The van der Waals surface area contributed by atoms with Gasteiger partial charge in [-0.05, 0) is 0 Å². The normalized spacial score (nSPS) is 41.3. The molecule has 0 aromatic carbocycles. The Balaban J connectivity index is 2.12. The lowest BCUT2D eigenvalue weighted by Gasteiger charge is -2.41. The number of aliphatic hydroxyl groups excluding tert-OH is 3. The number of thioether (sulfide) groups is 1. The third kappa shape index (κ3) is 3.07. The van der Waals surface area contributed by atoms with Crippen molar-refractivity contribution in [2.75, 3.05) is 12.4 Å². The van der Waals surface area contributed by atoms with E-state index in [0.717, 1.165) is 0 Å². The van der Waals surface area contributed by atoms with E-state index in [4.69, 9.17) is 9.84 Å². The largest absolute Gasteiger partial charge is 0.394 e. The van der Waals surface area contributed by atoms with Gasteiger partial charge in [0.15, 0.2) is 0 Å². The van der Waals surface area contributed by atoms with Crippen LogP contribution in [-0.2, 0) is 14.3 Å². The van der Waals surface area contributed by atoms with Gasteiger partial charge >= 0.3 is 0 Å². The van der Waals surface area contributed by atoms with Crippen LogP contribution in [-0.4, -0.2) is 75.3 Å². The van der Waals surface area contributed by atoms with E-state index >= 15 is 0 Å². The minimum atomic E-state index is -1.28. The van der Waals surface area contributed by atoms with Gasteiger partial charge < -0.3 is 30.7 Å². The Morgan fingerprint density at radius 1 is 1.50 bits per heavy atom. The van der Waals surface area contributed by atoms with Crippen LogP contribution in [0.15, 0.2) is 0 Å². The van der Waals surface area contributed by atoms with E-state index < -0.39 is 48.3 Å². The molecule has 2 saturated heterocycles. The van der Waals surface area contributed by atoms with Crippen molar-refractivity contribution in [2.45, 2.75) is 42.8 Å². The van der Waals surface area contributed by atoms with Crippen LogP contribution in [0, 0.1) is 0 Å². The molecule has 2 fully saturated rings. The van der Waals surface area contributed by atoms with Crippen molar-refractivity contribution in [1.29, 1.82) is 0 Å². The first-order chi connectivity index (χ1) is 9.43. The summed E-state index contributed by atoms with van der Waals surface area (Å²) in [6.45, 7) is 0.887. The highest BCUT2D eigenvalue weighted by molar-refractivity contribution is 7.99. The molecule has 9 heteroatoms. The zero-order valence-electron chi connectivity index (χ0n) is 10.9. The second kappa shape index (κ2) is 6.27. The molecule has 8 nitrogen and oxygen atoms in total. The van der Waals surface area contributed by atoms with Crippen molar-refractivity contribution in [2.24, 2.45) is 0 Å². The molecule has 5 N–H and O–H groups in total. The lowest BCUT2D eigenvalue weighted by Crippen LogP contribution is -2.63. The molecule has 2 heterocycles. The van der Waals surface area contributed by atoms with Gasteiger partial charge in [-0.15, -0.1) is 11.8 Å². The molecule has 6 atom stereocenters. The summed E-state index contributed by atoms with van der Waals surface area (Å²) in [5, 5.41) is 34.0. The number of aliphatic hydroxyl groups is 3. The Bertz CT molecular complexity index is 395. The van der Waals surface area contributed by atoms with Crippen molar-refractivity contribution < 1.29 is 29.6 Å². The van der Waals surface area contributed by atoms with Crippen LogP contribution in [0.3, 0.4) is 0 Å². The number of carbonyl (C=O) groups excluding carboxylic acids is 2. The summed E-state index contributed by atoms with van der Waals surface area (Å²) in [6, 6.07) is -1.51. The standard InChI is InChI=1S/C11H18N2O6S/c1-4(15)12-5-3-20-11-7(13-10(5)18)9(17)8(16)6(2-14)19-11/h5-9,11,14,16-17H,2-3H2,1H3,(H,12,15)(H,13,18)/t5-,6+,7+,8+,9+,11-/m0/s1. The van der Waals surface area contributed by atoms with Crippen molar-refractivity contribution in [1.82, 2.24) is 10.6 Å². The minimum Gasteiger partial charge on any atom is -0.394 e. The highest BCUT2D eigenvalue weighted by atomic mass is 32.2. The molecule has 114 valence electrons. The summed E-state index contributed by atoms with van der Waals surface area (Å²) < 4.78 is 5.48. The minimum absolute atomic E-state index is 0.285. The lowest BCUT2D eigenvalue weighted by molar-refractivity contribution is -0.173. The number of ether oxygens (including phenoxy) is 1. The zero-order chi connectivity index (χ0) is 14.9. The van der Waals surface area contributed by atoms with Crippen molar-refractivity contribution in [3.8, 4) is 0 Å². The number of hydrogen-bond acceptors (Lipinski definition) is 7. The molecular formula is C11H18N2O6S. The second-order valence-electron chi connectivity index (χ2n) is 4.83. The number of hydrogen-bond donors (Lipinski definition) is 5. The van der Waals surface area contributed by atoms with Gasteiger partial charge in [0.2, 0.25) is 11.8 Å². The van der Waals surface area contributed by atoms with Gasteiger partial charge in [0.25, 0.3) is 0 Å². The van der Waals surface area contributed by atoms with E-state index in [2.05, 4.69) is 10.6 Å². The van der Waals surface area contributed by atoms with Crippen LogP contribution in [0.5, 0.6) is 0 Å². The van der Waals surface area contributed by atoms with Gasteiger partial charge in [-0.2, -0.15) is 0 Å². The number of rotatable bonds is 2. The summed E-state index contributed by atoms with van der Waals surface area (Å²) in [7, 11) is 0. The molecule has 0 aromatic heterocycles. The summed E-state index contributed by atoms with van der Waals surface area (Å²) in [4.78, 5) is 23.0. The molecule has 2 rings (SSSR count). The fourth-order valence-electron chi connectivity index (χ4n) is 2.26. The summed E-state index contributed by atoms with van der Waals surface area (Å²) in [5.41, 5.74) is -0.590. The Hall–Kier alpha value is -0.870. The SMILES string of the molecule is CC(=O)N[C@H]1CS[C@@H]2O[C@H](CO)[C@@H](O)[C@H](O)[C@H]2NC1=O. The Morgan fingerprint density at radius 2 is 2.20 bits per heavy atom. The molecule has 0 saturated carbocycles. The molecule has 0 radical (unpaired) electrons. The highest BCUT2D eigenvalue weighted by Gasteiger charge is 2.47. The molecule has 0 bridgehead atoms. The maximum Gasteiger partial charge on any atom is 0.243 e. The average Bonchev–Trinajstić information content (AvgIpc) is 2.54. The van der Waals surface area contributed by atoms with Crippen molar-refractivity contribution in [3.05, 3.63) is 0 Å². The van der Waals surface area contributed by atoms with E-state index in [-0.39, 0.29) is 11.7 Å². The average molecular weight is 306 g/mol. The summed E-state index contributed by atoms with van der Waals surface area (Å²) >= 11 is 1.24. The van der Waals surface area contributed by atoms with Crippen LogP contribution >= 0.6 is 11.8 Å². The predicted octanol–water partition coefficient (Wildman–Crippen LogP) is -2.84. The number of fused-ring (bicyclic) bond motifs is 1. The van der Waals surface area contributed by atoms with E-state index in [0.29, 0.717) is 0 Å². The van der Waals surface area contributed by atoms with Crippen LogP contribution in [0.2, 0.25) is 0 Å². The van der Waals surface area contributed by atoms with E-state index in [1.165, 1.54) is 18.7 Å². The number of amides is 2. The Labute approximate surface area is 119 Å². The predicted molar refractivity (Wildman–Crippen MR) is 69.8 cm³/mol. The third-order valence-corrected chi connectivity index (χ3v) is 4.57. The molecule has 20 heavy (non-hydrogen) atoms. The molecule has 2 amide bonds. The van der Waals surface area contributed by atoms with Gasteiger partial charge in [-0.25, -0.2) is 0 Å². The smallest absolute Gasteiger partial charge is 0.243 e. The zero-order valence-corrected chi connectivity index (χ0v) is 11.7. The third-order valence-electron chi connectivity index (χ3n) is 3.31. The van der Waals surface area contributed by atoms with Crippen LogP contribution < -0.4 is 10.6 Å². The highest BCUT2D eigenvalue weighted by Crippen LogP contribution is 2.30. The van der Waals surface area contributed by atoms with Crippen LogP contribution in [0.1, 0.15) is 6.92 Å². The summed E-state index contributed by atoms with van der Waals surface area (Å²) in [5.74, 6) is -0.476. The topological polar surface area (TPSA) is 128 Å². The molecule has 0 spiro atoms. The van der Waals surface area contributed by atoms with Gasteiger partial charge in [-0.3, -0.25) is 9.59 Å². The van der Waals surface area contributed by atoms with Gasteiger partial charge in [-0.1, -0.05) is 0 Å². The van der Waals surface area contributed by atoms with Gasteiger partial charge in [0.1, 0.15) is 29.8 Å². The maximum absolute atomic E-state index is 12.0. The van der Waals surface area contributed by atoms with E-state index in [1.807, 2.05) is 0 Å². The first kappa shape index (κ1) is 15.5. The van der Waals surface area contributed by atoms with Gasteiger partial charge in [0.05, 0.1) is 12.6 Å². The second-order valence-corrected chi connectivity index (χ2v) is 5.96. The summed E-state index contributed by atoms with van der Waals surface area (Å²) in [6.07, 6.45) is -3.41. The monoisotopic (exact) mass is 306 g/mol. The molecule has 2 aliphatic heterocycles. The Morgan fingerprint density at radius 3 is 2.80 bits per heavy atom. The fourth-order valence-corrected chi connectivity index (χ4v) is 3.54. The van der Waals surface area contributed by atoms with Crippen LogP contribution in [0.25, 0.3) is 0 Å². The molecule has 2 aliphatic rings. The van der Waals surface area contributed by atoms with Crippen LogP contribution in [0.4, 0.5) is 0 Å². The molecular weight excluding hydrogens is 288 g/mol. The first-order valence-corrected chi connectivity index (χ1v) is 7.30. The number of carbonyl (C=O) groups is 2. The maximum atomic E-state index is 12.0. The fraction of sp³-hybridized carbons (Fsp3) is 0.818. The quantitative estimate of drug-likeness (QED) is 0.372. The van der Waals surface area contributed by atoms with E-state index in [1.54, 1.807) is 0 Å². The number of nitrogens with one attached hydrogen (secondary N) is 2. The van der Waals surface area contributed by atoms with Crippen molar-refractivity contribution in [3.63, 3.8) is 0 Å². The molecule has 0 aliphatic carbocycles. The molecule has 0 aromatic rings. The van der Waals surface area contributed by atoms with Gasteiger partial charge in [0, 0.05) is 12.7 Å². The van der Waals surface area contributed by atoms with Crippen molar-refractivity contribution >= 4 is 23.6 Å². The lowest BCUT2D eigenvalue weighted by atomic mass is 9.98. The van der Waals surface area contributed by atoms with E-state index in [9.17, 15) is 19.8 Å². The molecule has 0 unspecified atom stereocenters.